The molecule has 4 fully saturated rings. The molecule has 0 spiro atoms. The fraction of sp³-hybridized carbons (Fsp3) is 0.538. The second-order valence-corrected chi connectivity index (χ2v) is 11.9. The van der Waals surface area contributed by atoms with Crippen LogP contribution in [0.25, 0.3) is 0 Å². The van der Waals surface area contributed by atoms with E-state index in [0.29, 0.717) is 28.1 Å². The molecule has 2 nitrogen and oxygen atoms in total. The molecule has 4 aliphatic carbocycles. The minimum absolute atomic E-state index is 0.359. The molecule has 0 radical (unpaired) electrons. The lowest BCUT2D eigenvalue weighted by Crippen LogP contribution is -2.54. The van der Waals surface area contributed by atoms with Crippen LogP contribution in [0, 0.1) is 23.2 Å². The normalized spacial score (nSPS) is 29.9. The predicted molar refractivity (Wildman–Crippen MR) is 132 cm³/mol. The molecule has 5 heteroatoms. The predicted octanol–water partition coefficient (Wildman–Crippen LogP) is 8.03. The summed E-state index contributed by atoms with van der Waals surface area (Å²) in [4.78, 5) is 0. The molecule has 6 rings (SSSR count). The van der Waals surface area contributed by atoms with Crippen LogP contribution in [0.3, 0.4) is 0 Å². The molecule has 1 N–H and O–H groups in total. The van der Waals surface area contributed by atoms with Crippen molar-refractivity contribution in [3.8, 4) is 5.75 Å². The van der Waals surface area contributed by atoms with E-state index in [2.05, 4.69) is 34.2 Å². The maximum Gasteiger partial charge on any atom is 0.124 e. The van der Waals surface area contributed by atoms with E-state index in [9.17, 15) is 0 Å². The molecule has 0 heterocycles. The largest absolute Gasteiger partial charge is 0.488 e. The van der Waals surface area contributed by atoms with Gasteiger partial charge in [0, 0.05) is 38.2 Å². The van der Waals surface area contributed by atoms with Crippen molar-refractivity contribution in [2.24, 2.45) is 23.2 Å². The quantitative estimate of drug-likeness (QED) is 0.397. The Morgan fingerprint density at radius 3 is 2.26 bits per heavy atom. The van der Waals surface area contributed by atoms with Crippen molar-refractivity contribution in [2.75, 3.05) is 0 Å². The first-order valence-corrected chi connectivity index (χ1v) is 13.0. The van der Waals surface area contributed by atoms with Gasteiger partial charge in [-0.3, -0.25) is 0 Å². The van der Waals surface area contributed by atoms with Crippen molar-refractivity contribution in [3.63, 3.8) is 0 Å². The number of hydrogen-bond acceptors (Lipinski definition) is 2. The molecule has 0 amide bonds. The molecule has 1 unspecified atom stereocenters. The second-order valence-electron chi connectivity index (χ2n) is 10.1. The molecule has 4 bridgehead atoms. The third-order valence-corrected chi connectivity index (χ3v) is 9.26. The zero-order valence-electron chi connectivity index (χ0n) is 18.0. The van der Waals surface area contributed by atoms with Crippen molar-refractivity contribution < 1.29 is 4.74 Å². The summed E-state index contributed by atoms with van der Waals surface area (Å²) < 4.78 is 7.26. The number of nitrogens with one attached hydrogen (secondary N) is 1. The van der Waals surface area contributed by atoms with Crippen LogP contribution in [0.5, 0.6) is 5.75 Å². The lowest BCUT2D eigenvalue weighted by atomic mass is 9.48. The fourth-order valence-electron chi connectivity index (χ4n) is 6.83. The van der Waals surface area contributed by atoms with Gasteiger partial charge in [0.15, 0.2) is 0 Å². The average molecular weight is 523 g/mol. The van der Waals surface area contributed by atoms with Crippen LogP contribution in [-0.4, -0.2) is 6.04 Å². The first kappa shape index (κ1) is 22.1. The Balaban J connectivity index is 1.28. The van der Waals surface area contributed by atoms with E-state index in [0.717, 1.165) is 45.6 Å². The number of ether oxygens (including phenoxy) is 1. The van der Waals surface area contributed by atoms with Gasteiger partial charge >= 0.3 is 0 Å². The first-order valence-electron chi connectivity index (χ1n) is 11.5. The van der Waals surface area contributed by atoms with Crippen molar-refractivity contribution in [2.45, 2.75) is 64.6 Å². The highest BCUT2D eigenvalue weighted by molar-refractivity contribution is 9.10. The molecule has 166 valence electrons. The van der Waals surface area contributed by atoms with Gasteiger partial charge in [-0.25, -0.2) is 0 Å². The molecule has 2 aromatic carbocycles. The summed E-state index contributed by atoms with van der Waals surface area (Å²) in [5.41, 5.74) is 2.48. The molecule has 4 aliphatic rings. The Morgan fingerprint density at radius 1 is 1.03 bits per heavy atom. The highest BCUT2D eigenvalue weighted by Gasteiger charge is 2.52. The van der Waals surface area contributed by atoms with Gasteiger partial charge in [0.25, 0.3) is 0 Å². The van der Waals surface area contributed by atoms with Crippen molar-refractivity contribution in [1.82, 2.24) is 5.32 Å². The van der Waals surface area contributed by atoms with Gasteiger partial charge in [0.05, 0.1) is 0 Å². The van der Waals surface area contributed by atoms with Gasteiger partial charge in [-0.05, 0) is 98.9 Å². The monoisotopic (exact) mass is 521 g/mol. The van der Waals surface area contributed by atoms with Crippen molar-refractivity contribution in [1.29, 1.82) is 0 Å². The minimum atomic E-state index is 0.359. The van der Waals surface area contributed by atoms with Gasteiger partial charge in [-0.1, -0.05) is 45.2 Å². The lowest BCUT2D eigenvalue weighted by molar-refractivity contribution is -0.0706. The van der Waals surface area contributed by atoms with Crippen LogP contribution in [0.1, 0.15) is 56.6 Å². The lowest BCUT2D eigenvalue weighted by Gasteiger charge is -2.59. The number of benzene rings is 2. The van der Waals surface area contributed by atoms with E-state index in [1.54, 1.807) is 0 Å². The van der Waals surface area contributed by atoms with Crippen molar-refractivity contribution >= 4 is 39.1 Å². The van der Waals surface area contributed by atoms with Crippen LogP contribution in [0.15, 0.2) is 40.9 Å². The van der Waals surface area contributed by atoms with Crippen LogP contribution in [0.2, 0.25) is 10.0 Å². The summed E-state index contributed by atoms with van der Waals surface area (Å²) in [6, 6.07) is 12.3. The Hall–Kier alpha value is -0.740. The van der Waals surface area contributed by atoms with E-state index in [1.807, 2.05) is 30.3 Å². The number of hydrogen-bond donors (Lipinski definition) is 1. The first-order chi connectivity index (χ1) is 14.9. The van der Waals surface area contributed by atoms with Crippen LogP contribution < -0.4 is 10.1 Å². The number of halogens is 3. The zero-order valence-corrected chi connectivity index (χ0v) is 21.1. The average Bonchev–Trinajstić information content (AvgIpc) is 2.71. The van der Waals surface area contributed by atoms with Crippen LogP contribution in [0.4, 0.5) is 0 Å². The Bertz CT molecular complexity index is 907. The summed E-state index contributed by atoms with van der Waals surface area (Å²) in [6.07, 6.45) is 8.71. The van der Waals surface area contributed by atoms with E-state index >= 15 is 0 Å². The second kappa shape index (κ2) is 8.89. The van der Waals surface area contributed by atoms with E-state index in [4.69, 9.17) is 27.9 Å². The van der Waals surface area contributed by atoms with E-state index < -0.39 is 0 Å². The van der Waals surface area contributed by atoms with Gasteiger partial charge in [-0.2, -0.15) is 0 Å². The van der Waals surface area contributed by atoms with Crippen molar-refractivity contribution in [3.05, 3.63) is 62.0 Å². The Morgan fingerprint density at radius 2 is 1.65 bits per heavy atom. The highest BCUT2D eigenvalue weighted by Crippen LogP contribution is 2.61. The number of rotatable bonds is 7. The molecular weight excluding hydrogens is 493 g/mol. The van der Waals surface area contributed by atoms with Gasteiger partial charge < -0.3 is 10.1 Å². The molecule has 0 aromatic heterocycles. The highest BCUT2D eigenvalue weighted by atomic mass is 79.9. The molecule has 2 aromatic rings. The zero-order chi connectivity index (χ0) is 21.6. The maximum atomic E-state index is 6.33. The summed E-state index contributed by atoms with van der Waals surface area (Å²) >= 11 is 16.3. The van der Waals surface area contributed by atoms with Crippen LogP contribution >= 0.6 is 39.1 Å². The summed E-state index contributed by atoms with van der Waals surface area (Å²) in [5.74, 6) is 3.80. The van der Waals surface area contributed by atoms with Crippen LogP contribution in [-0.2, 0) is 13.2 Å². The Kier molecular flexibility index (Phi) is 6.33. The molecule has 1 atom stereocenters. The smallest absolute Gasteiger partial charge is 0.124 e. The molecule has 0 aliphatic heterocycles. The molecule has 0 saturated heterocycles. The summed E-state index contributed by atoms with van der Waals surface area (Å²) in [6.45, 7) is 3.57. The third-order valence-electron chi connectivity index (χ3n) is 8.06. The van der Waals surface area contributed by atoms with Gasteiger partial charge in [-0.15, -0.1) is 0 Å². The Labute approximate surface area is 204 Å². The van der Waals surface area contributed by atoms with E-state index in [-0.39, 0.29) is 0 Å². The molecule has 4 saturated carbocycles. The minimum Gasteiger partial charge on any atom is -0.488 e. The van der Waals surface area contributed by atoms with E-state index in [1.165, 1.54) is 38.5 Å². The topological polar surface area (TPSA) is 21.3 Å². The third kappa shape index (κ3) is 4.53. The van der Waals surface area contributed by atoms with Gasteiger partial charge in [0.1, 0.15) is 12.4 Å². The standard InChI is InChI=1S/C26H30BrCl2NO/c1-16(26-11-17-7-18(12-26)9-19(8-17)13-26)30-14-20-10-21(27)5-6-25(20)31-15-22-23(28)3-2-4-24(22)29/h2-6,10,16-19,30H,7-9,11-15H2,1H3. The maximum absolute atomic E-state index is 6.33. The SMILES string of the molecule is CC(NCc1cc(Br)ccc1OCc1c(Cl)cccc1Cl)C12CC3CC(CC(C3)C1)C2. The summed E-state index contributed by atoms with van der Waals surface area (Å²) in [5, 5.41) is 5.17. The molecule has 31 heavy (non-hydrogen) atoms. The molecular formula is C26H30BrCl2NO. The summed E-state index contributed by atoms with van der Waals surface area (Å²) in [7, 11) is 0. The fourth-order valence-corrected chi connectivity index (χ4v) is 7.75. The van der Waals surface area contributed by atoms with Gasteiger partial charge in [0.2, 0.25) is 0 Å².